The Morgan fingerprint density at radius 2 is 1.67 bits per heavy atom. The van der Waals surface area contributed by atoms with E-state index in [4.69, 9.17) is 16.6 Å². The van der Waals surface area contributed by atoms with Crippen LogP contribution in [0.1, 0.15) is 64.5 Å². The molecule has 4 rings (SSSR count). The van der Waals surface area contributed by atoms with Crippen molar-refractivity contribution in [1.29, 1.82) is 0 Å². The van der Waals surface area contributed by atoms with Gasteiger partial charge in [0.1, 0.15) is 5.84 Å². The van der Waals surface area contributed by atoms with Gasteiger partial charge < -0.3 is 10.6 Å². The van der Waals surface area contributed by atoms with Gasteiger partial charge in [0.15, 0.2) is 0 Å². The molecule has 0 amide bonds. The predicted octanol–water partition coefficient (Wildman–Crippen LogP) is 7.07. The highest BCUT2D eigenvalue weighted by atomic mass is 35.5. The lowest BCUT2D eigenvalue weighted by atomic mass is 9.79. The number of hydrogen-bond donors (Lipinski definition) is 2. The SMILES string of the molecule is CC.CC(N=C1Nc2ccccc2NC12CCCCC2)c1cccc(Cl)c1. The van der Waals surface area contributed by atoms with Crippen molar-refractivity contribution in [1.82, 2.24) is 0 Å². The molecule has 0 bridgehead atoms. The van der Waals surface area contributed by atoms with Crippen molar-refractivity contribution in [2.24, 2.45) is 4.99 Å². The van der Waals surface area contributed by atoms with Gasteiger partial charge in [-0.1, -0.05) is 69.0 Å². The molecule has 1 heterocycles. The number of nitrogens with one attached hydrogen (secondary N) is 2. The number of nitrogens with zero attached hydrogens (tertiary/aromatic N) is 1. The summed E-state index contributed by atoms with van der Waals surface area (Å²) >= 11 is 6.16. The zero-order valence-electron chi connectivity index (χ0n) is 16.6. The highest BCUT2D eigenvalue weighted by Gasteiger charge is 2.41. The Kier molecular flexibility index (Phi) is 6.43. The van der Waals surface area contributed by atoms with E-state index in [1.54, 1.807) is 0 Å². The van der Waals surface area contributed by atoms with Crippen molar-refractivity contribution in [3.05, 3.63) is 59.1 Å². The van der Waals surface area contributed by atoms with Crippen LogP contribution >= 0.6 is 11.6 Å². The summed E-state index contributed by atoms with van der Waals surface area (Å²) in [7, 11) is 0. The quantitative estimate of drug-likeness (QED) is 0.581. The molecule has 0 aromatic heterocycles. The molecule has 1 saturated carbocycles. The van der Waals surface area contributed by atoms with E-state index in [1.165, 1.54) is 24.9 Å². The first-order valence-corrected chi connectivity index (χ1v) is 10.5. The predicted molar refractivity (Wildman–Crippen MR) is 118 cm³/mol. The first-order valence-electron chi connectivity index (χ1n) is 10.1. The second kappa shape index (κ2) is 8.79. The van der Waals surface area contributed by atoms with Crippen LogP contribution in [0.2, 0.25) is 5.02 Å². The number of rotatable bonds is 2. The van der Waals surface area contributed by atoms with Gasteiger partial charge in [-0.25, -0.2) is 0 Å². The minimum Gasteiger partial charge on any atom is -0.371 e. The number of amidine groups is 1. The normalized spacial score (nSPS) is 19.9. The van der Waals surface area contributed by atoms with Crippen molar-refractivity contribution >= 4 is 28.8 Å². The summed E-state index contributed by atoms with van der Waals surface area (Å²) in [6.07, 6.45) is 6.02. The number of anilines is 2. The maximum Gasteiger partial charge on any atom is 0.127 e. The Balaban J connectivity index is 0.00000102. The number of hydrogen-bond acceptors (Lipinski definition) is 2. The molecule has 0 radical (unpaired) electrons. The first kappa shape index (κ1) is 19.8. The molecule has 4 heteroatoms. The lowest BCUT2D eigenvalue weighted by Gasteiger charge is -2.44. The van der Waals surface area contributed by atoms with Gasteiger partial charge in [-0.05, 0) is 49.6 Å². The highest BCUT2D eigenvalue weighted by molar-refractivity contribution is 6.30. The fourth-order valence-corrected chi connectivity index (χ4v) is 4.17. The van der Waals surface area contributed by atoms with E-state index in [-0.39, 0.29) is 11.6 Å². The van der Waals surface area contributed by atoms with Gasteiger partial charge in [0, 0.05) is 5.02 Å². The van der Waals surface area contributed by atoms with Gasteiger partial charge in [-0.3, -0.25) is 4.99 Å². The van der Waals surface area contributed by atoms with Gasteiger partial charge >= 0.3 is 0 Å². The lowest BCUT2D eigenvalue weighted by molar-refractivity contribution is 0.402. The Labute approximate surface area is 168 Å². The van der Waals surface area contributed by atoms with Crippen molar-refractivity contribution < 1.29 is 0 Å². The number of benzene rings is 2. The highest BCUT2D eigenvalue weighted by Crippen LogP contribution is 2.40. The average molecular weight is 384 g/mol. The Bertz CT molecular complexity index is 794. The smallest absolute Gasteiger partial charge is 0.127 e. The minimum absolute atomic E-state index is 0.0621. The molecule has 0 saturated heterocycles. The lowest BCUT2D eigenvalue weighted by Crippen LogP contribution is -2.53. The van der Waals surface area contributed by atoms with Crippen molar-refractivity contribution in [3.8, 4) is 0 Å². The molecule has 1 aliphatic heterocycles. The number of fused-ring (bicyclic) bond motifs is 1. The molecule has 27 heavy (non-hydrogen) atoms. The van der Waals surface area contributed by atoms with E-state index in [0.29, 0.717) is 0 Å². The fourth-order valence-electron chi connectivity index (χ4n) is 3.97. The zero-order chi connectivity index (χ0) is 19.3. The van der Waals surface area contributed by atoms with Crippen LogP contribution in [0.4, 0.5) is 11.4 Å². The van der Waals surface area contributed by atoms with E-state index in [1.807, 2.05) is 32.0 Å². The van der Waals surface area contributed by atoms with Gasteiger partial charge in [0.25, 0.3) is 0 Å². The summed E-state index contributed by atoms with van der Waals surface area (Å²) in [5, 5.41) is 8.20. The average Bonchev–Trinajstić information content (AvgIpc) is 2.71. The van der Waals surface area contributed by atoms with Crippen LogP contribution in [0.3, 0.4) is 0 Å². The maximum atomic E-state index is 6.16. The molecule has 2 N–H and O–H groups in total. The number of halogens is 1. The van der Waals surface area contributed by atoms with Gasteiger partial charge in [-0.2, -0.15) is 0 Å². The molecule has 2 aromatic carbocycles. The summed E-state index contributed by atoms with van der Waals surface area (Å²) in [5.74, 6) is 1.07. The minimum atomic E-state index is -0.0700. The van der Waals surface area contributed by atoms with Crippen molar-refractivity contribution in [3.63, 3.8) is 0 Å². The molecular weight excluding hydrogens is 354 g/mol. The third-order valence-corrected chi connectivity index (χ3v) is 5.60. The third kappa shape index (κ3) is 4.30. The van der Waals surface area contributed by atoms with E-state index in [0.717, 1.165) is 35.0 Å². The Hall–Kier alpha value is -2.00. The standard InChI is InChI=1S/C21H24ClN3.C2H6/c1-15(16-8-7-9-17(22)14-16)23-20-21(12-5-2-6-13-21)25-19-11-4-3-10-18(19)24-20;1-2/h3-4,7-11,14-15,25H,2,5-6,12-13H2,1H3,(H,23,24);1-2H3. The molecule has 3 nitrogen and oxygen atoms in total. The molecule has 144 valence electrons. The topological polar surface area (TPSA) is 36.4 Å². The second-order valence-electron chi connectivity index (χ2n) is 7.15. The summed E-state index contributed by atoms with van der Waals surface area (Å²) in [4.78, 5) is 5.11. The molecule has 2 aromatic rings. The van der Waals surface area contributed by atoms with Crippen molar-refractivity contribution in [2.45, 2.75) is 64.5 Å². The van der Waals surface area contributed by atoms with Crippen LogP contribution in [0.25, 0.3) is 0 Å². The maximum absolute atomic E-state index is 6.16. The van der Waals surface area contributed by atoms with E-state index < -0.39 is 0 Å². The van der Waals surface area contributed by atoms with Crippen molar-refractivity contribution in [2.75, 3.05) is 10.6 Å². The van der Waals surface area contributed by atoms with E-state index >= 15 is 0 Å². The molecule has 1 atom stereocenters. The third-order valence-electron chi connectivity index (χ3n) is 5.37. The molecular formula is C23H30ClN3. The molecule has 1 spiro atoms. The number of para-hydroxylation sites is 2. The first-order chi connectivity index (χ1) is 13.2. The Morgan fingerprint density at radius 3 is 2.37 bits per heavy atom. The molecule has 2 aliphatic rings. The second-order valence-corrected chi connectivity index (χ2v) is 7.58. The van der Waals surface area contributed by atoms with Crippen LogP contribution in [0.5, 0.6) is 0 Å². The largest absolute Gasteiger partial charge is 0.371 e. The molecule has 1 fully saturated rings. The summed E-state index contributed by atoms with van der Waals surface area (Å²) in [6, 6.07) is 16.5. The Morgan fingerprint density at radius 1 is 0.963 bits per heavy atom. The molecule has 1 aliphatic carbocycles. The summed E-state index contributed by atoms with van der Waals surface area (Å²) in [5.41, 5.74) is 3.36. The van der Waals surface area contributed by atoms with Gasteiger partial charge in [0.05, 0.1) is 23.0 Å². The van der Waals surface area contributed by atoms with E-state index in [2.05, 4.69) is 47.9 Å². The molecule has 1 unspecified atom stereocenters. The van der Waals surface area contributed by atoms with Crippen LogP contribution in [0.15, 0.2) is 53.5 Å². The van der Waals surface area contributed by atoms with Crippen LogP contribution in [0, 0.1) is 0 Å². The van der Waals surface area contributed by atoms with Gasteiger partial charge in [-0.15, -0.1) is 0 Å². The summed E-state index contributed by atoms with van der Waals surface area (Å²) in [6.45, 7) is 6.14. The summed E-state index contributed by atoms with van der Waals surface area (Å²) < 4.78 is 0. The zero-order valence-corrected chi connectivity index (χ0v) is 17.3. The monoisotopic (exact) mass is 383 g/mol. The van der Waals surface area contributed by atoms with Crippen LogP contribution in [-0.4, -0.2) is 11.4 Å². The van der Waals surface area contributed by atoms with Crippen LogP contribution in [-0.2, 0) is 0 Å². The van der Waals surface area contributed by atoms with Crippen LogP contribution < -0.4 is 10.6 Å². The number of aliphatic imine (C=N–C) groups is 1. The van der Waals surface area contributed by atoms with E-state index in [9.17, 15) is 0 Å². The fraction of sp³-hybridized carbons (Fsp3) is 0.435. The van der Waals surface area contributed by atoms with Gasteiger partial charge in [0.2, 0.25) is 0 Å².